The van der Waals surface area contributed by atoms with Crippen molar-refractivity contribution < 1.29 is 18.3 Å². The van der Waals surface area contributed by atoms with Gasteiger partial charge >= 0.3 is 0 Å². The number of likely N-dealkylation sites (tertiary alicyclic amines) is 1. The Labute approximate surface area is 122 Å². The lowest BCUT2D eigenvalue weighted by Crippen LogP contribution is -2.44. The van der Waals surface area contributed by atoms with Crippen LogP contribution in [0.1, 0.15) is 19.3 Å². The van der Waals surface area contributed by atoms with Crippen molar-refractivity contribution in [2.45, 2.75) is 19.3 Å². The lowest BCUT2D eigenvalue weighted by molar-refractivity contribution is -0.121. The number of amides is 1. The van der Waals surface area contributed by atoms with Crippen molar-refractivity contribution in [2.24, 2.45) is 0 Å². The zero-order chi connectivity index (χ0) is 14.8. The van der Waals surface area contributed by atoms with Gasteiger partial charge in [0.25, 0.3) is 5.91 Å². The van der Waals surface area contributed by atoms with E-state index in [2.05, 4.69) is 4.90 Å². The summed E-state index contributed by atoms with van der Waals surface area (Å²) in [6.45, 7) is 2.97. The zero-order valence-corrected chi connectivity index (χ0v) is 11.8. The highest BCUT2D eigenvalue weighted by atomic mass is 19.1. The molecule has 0 unspecified atom stereocenters. The number of nitrogens with zero attached hydrogens (tertiary/aromatic N) is 2. The summed E-state index contributed by atoms with van der Waals surface area (Å²) in [6.07, 6.45) is 3.57. The van der Waals surface area contributed by atoms with E-state index in [1.54, 1.807) is 0 Å². The average Bonchev–Trinajstić information content (AvgIpc) is 2.47. The van der Waals surface area contributed by atoms with Crippen LogP contribution in [0.3, 0.4) is 0 Å². The van der Waals surface area contributed by atoms with E-state index in [-0.39, 0.29) is 24.0 Å². The second-order valence-electron chi connectivity index (χ2n) is 5.47. The number of hydrogen-bond acceptors (Lipinski definition) is 3. The Balaban J connectivity index is 1.77. The average molecular weight is 296 g/mol. The highest BCUT2D eigenvalue weighted by molar-refractivity contribution is 5.97. The van der Waals surface area contributed by atoms with Crippen molar-refractivity contribution in [1.82, 2.24) is 4.90 Å². The molecule has 0 aromatic heterocycles. The molecule has 1 amide bonds. The maximum atomic E-state index is 13.7. The Morgan fingerprint density at radius 2 is 1.86 bits per heavy atom. The highest BCUT2D eigenvalue weighted by Gasteiger charge is 2.29. The van der Waals surface area contributed by atoms with Gasteiger partial charge in [0.05, 0.1) is 5.69 Å². The largest absolute Gasteiger partial charge is 0.478 e. The van der Waals surface area contributed by atoms with Crippen molar-refractivity contribution in [2.75, 3.05) is 37.7 Å². The van der Waals surface area contributed by atoms with Gasteiger partial charge in [-0.3, -0.25) is 4.79 Å². The molecule has 0 spiro atoms. The van der Waals surface area contributed by atoms with Gasteiger partial charge in [0.1, 0.15) is 5.82 Å². The van der Waals surface area contributed by atoms with Crippen molar-refractivity contribution >= 4 is 11.6 Å². The Hall–Kier alpha value is -1.69. The smallest absolute Gasteiger partial charge is 0.265 e. The molecule has 4 nitrogen and oxygen atoms in total. The quantitative estimate of drug-likeness (QED) is 0.857. The minimum atomic E-state index is -0.763. The van der Waals surface area contributed by atoms with Crippen molar-refractivity contribution in [3.05, 3.63) is 23.8 Å². The van der Waals surface area contributed by atoms with Gasteiger partial charge in [-0.15, -0.1) is 0 Å². The third-order valence-corrected chi connectivity index (χ3v) is 4.01. The van der Waals surface area contributed by atoms with E-state index in [0.717, 1.165) is 38.1 Å². The molecule has 6 heteroatoms. The van der Waals surface area contributed by atoms with Crippen molar-refractivity contribution in [3.63, 3.8) is 0 Å². The summed E-state index contributed by atoms with van der Waals surface area (Å²) in [5.74, 6) is -1.76. The van der Waals surface area contributed by atoms with Gasteiger partial charge in [-0.2, -0.15) is 0 Å². The molecule has 1 saturated heterocycles. The van der Waals surface area contributed by atoms with Crippen LogP contribution in [-0.4, -0.2) is 43.6 Å². The summed E-state index contributed by atoms with van der Waals surface area (Å²) in [7, 11) is 0. The van der Waals surface area contributed by atoms with Gasteiger partial charge in [-0.05, 0) is 25.9 Å². The fourth-order valence-electron chi connectivity index (χ4n) is 2.91. The van der Waals surface area contributed by atoms with E-state index in [1.807, 2.05) is 0 Å². The van der Waals surface area contributed by atoms with Gasteiger partial charge < -0.3 is 14.5 Å². The molecule has 1 aromatic rings. The molecular formula is C15H18F2N2O2. The zero-order valence-electron chi connectivity index (χ0n) is 11.8. The lowest BCUT2D eigenvalue weighted by atomic mass is 10.1. The van der Waals surface area contributed by atoms with E-state index >= 15 is 0 Å². The summed E-state index contributed by atoms with van der Waals surface area (Å²) in [4.78, 5) is 15.7. The van der Waals surface area contributed by atoms with Crippen LogP contribution in [0, 0.1) is 11.6 Å². The highest BCUT2D eigenvalue weighted by Crippen LogP contribution is 2.35. The topological polar surface area (TPSA) is 32.8 Å². The monoisotopic (exact) mass is 296 g/mol. The number of benzene rings is 1. The molecule has 1 fully saturated rings. The van der Waals surface area contributed by atoms with Crippen LogP contribution in [-0.2, 0) is 4.79 Å². The van der Waals surface area contributed by atoms with Gasteiger partial charge in [0, 0.05) is 25.2 Å². The molecule has 1 aromatic carbocycles. The third kappa shape index (κ3) is 3.00. The molecule has 0 radical (unpaired) electrons. The first-order chi connectivity index (χ1) is 10.1. The normalized spacial score (nSPS) is 19.3. The summed E-state index contributed by atoms with van der Waals surface area (Å²) in [6, 6.07) is 1.93. The summed E-state index contributed by atoms with van der Waals surface area (Å²) in [5, 5.41) is 0. The van der Waals surface area contributed by atoms with E-state index in [4.69, 9.17) is 4.74 Å². The molecule has 0 bridgehead atoms. The van der Waals surface area contributed by atoms with Crippen molar-refractivity contribution in [3.8, 4) is 5.75 Å². The molecule has 0 saturated carbocycles. The number of carbonyl (C=O) groups excluding carboxylic acids is 1. The Kier molecular flexibility index (Phi) is 4.05. The minimum absolute atomic E-state index is 0.0327. The van der Waals surface area contributed by atoms with Crippen LogP contribution in [0.25, 0.3) is 0 Å². The van der Waals surface area contributed by atoms with Gasteiger partial charge in [-0.1, -0.05) is 6.42 Å². The second-order valence-corrected chi connectivity index (χ2v) is 5.47. The standard InChI is InChI=1S/C15H18F2N2O2/c16-11-8-12(17)15-13(9-11)19(14(20)10-21-15)7-6-18-4-2-1-3-5-18/h8-9H,1-7,10H2. The maximum absolute atomic E-state index is 13.7. The van der Waals surface area contributed by atoms with Crippen LogP contribution in [0.2, 0.25) is 0 Å². The summed E-state index contributed by atoms with van der Waals surface area (Å²) in [5.41, 5.74) is 0.195. The lowest BCUT2D eigenvalue weighted by Gasteiger charge is -2.33. The van der Waals surface area contributed by atoms with Crippen LogP contribution in [0.4, 0.5) is 14.5 Å². The van der Waals surface area contributed by atoms with Crippen LogP contribution >= 0.6 is 0 Å². The molecule has 3 rings (SSSR count). The van der Waals surface area contributed by atoms with Gasteiger partial charge in [0.2, 0.25) is 0 Å². The van der Waals surface area contributed by atoms with Gasteiger partial charge in [-0.25, -0.2) is 8.78 Å². The number of rotatable bonds is 3. The first kappa shape index (κ1) is 14.3. The van der Waals surface area contributed by atoms with E-state index in [9.17, 15) is 13.6 Å². The molecule has 2 heterocycles. The first-order valence-electron chi connectivity index (χ1n) is 7.30. The molecule has 21 heavy (non-hydrogen) atoms. The van der Waals surface area contributed by atoms with E-state index < -0.39 is 11.6 Å². The molecule has 114 valence electrons. The van der Waals surface area contributed by atoms with Crippen LogP contribution in [0.5, 0.6) is 5.75 Å². The SMILES string of the molecule is O=C1COc2c(F)cc(F)cc2N1CCN1CCCCC1. The molecule has 2 aliphatic heterocycles. The Bertz CT molecular complexity index is 545. The van der Waals surface area contributed by atoms with Crippen LogP contribution in [0.15, 0.2) is 12.1 Å². The molecule has 0 aliphatic carbocycles. The third-order valence-electron chi connectivity index (χ3n) is 4.01. The number of fused-ring (bicyclic) bond motifs is 1. The number of hydrogen-bond donors (Lipinski definition) is 0. The fourth-order valence-corrected chi connectivity index (χ4v) is 2.91. The minimum Gasteiger partial charge on any atom is -0.478 e. The maximum Gasteiger partial charge on any atom is 0.265 e. The summed E-state index contributed by atoms with van der Waals surface area (Å²) < 4.78 is 32.2. The fraction of sp³-hybridized carbons (Fsp3) is 0.533. The molecule has 2 aliphatic rings. The molecular weight excluding hydrogens is 278 g/mol. The predicted octanol–water partition coefficient (Wildman–Crippen LogP) is 2.18. The van der Waals surface area contributed by atoms with Gasteiger partial charge in [0.15, 0.2) is 18.2 Å². The Morgan fingerprint density at radius 1 is 1.10 bits per heavy atom. The van der Waals surface area contributed by atoms with E-state index in [1.165, 1.54) is 11.3 Å². The number of anilines is 1. The predicted molar refractivity (Wildman–Crippen MR) is 74.5 cm³/mol. The summed E-state index contributed by atoms with van der Waals surface area (Å²) >= 11 is 0. The van der Waals surface area contributed by atoms with E-state index in [0.29, 0.717) is 13.1 Å². The van der Waals surface area contributed by atoms with Crippen molar-refractivity contribution in [1.29, 1.82) is 0 Å². The first-order valence-corrected chi connectivity index (χ1v) is 7.30. The number of ether oxygens (including phenoxy) is 1. The molecule has 0 atom stereocenters. The Morgan fingerprint density at radius 3 is 2.62 bits per heavy atom. The van der Waals surface area contributed by atoms with Crippen LogP contribution < -0.4 is 9.64 Å². The molecule has 0 N–H and O–H groups in total. The second kappa shape index (κ2) is 5.97. The number of halogens is 2. The number of piperidine rings is 1. The number of carbonyl (C=O) groups is 1.